The molecule has 4 nitrogen and oxygen atoms in total. The molecular weight excluding hydrogens is 349 g/mol. The van der Waals surface area contributed by atoms with Crippen LogP contribution in [-0.2, 0) is 4.57 Å². The van der Waals surface area contributed by atoms with Crippen LogP contribution in [0.5, 0.6) is 11.5 Å². The number of hydrogen-bond donors (Lipinski definition) is 2. The Balaban J connectivity index is 1.77. The van der Waals surface area contributed by atoms with Gasteiger partial charge in [0.1, 0.15) is 12.2 Å². The third-order valence-electron chi connectivity index (χ3n) is 4.36. The van der Waals surface area contributed by atoms with Crippen molar-refractivity contribution in [3.63, 3.8) is 0 Å². The van der Waals surface area contributed by atoms with E-state index in [0.717, 1.165) is 6.07 Å². The molecule has 1 saturated carbocycles. The van der Waals surface area contributed by atoms with Crippen LogP contribution in [0.2, 0.25) is 0 Å². The monoisotopic (exact) mass is 367 g/mol. The summed E-state index contributed by atoms with van der Waals surface area (Å²) in [6.07, 6.45) is -0.0736. The number of phenolic OH excluding ortho intramolecular Hbond substituents is 1. The molecule has 3 rings (SSSR count). The summed E-state index contributed by atoms with van der Waals surface area (Å²) in [6.45, 7) is 0. The van der Waals surface area contributed by atoms with Crippen LogP contribution < -0.4 is 10.0 Å². The van der Waals surface area contributed by atoms with Crippen molar-refractivity contribution in [2.75, 3.05) is 0 Å². The standard InChI is InChI=1S/C18H17F2O4P/c19-12-9-14(21)16(10-13(12)20)24-15-7-4-8-17(18(15)22)25(23)11-5-2-1-3-6-11/h1-3,5-6,9-10,15,17-18,22H,4,7-8H2/p+1/t15?,17?,18-/m0/s1. The third-order valence-corrected chi connectivity index (χ3v) is 6.33. The molecule has 2 aromatic rings. The smallest absolute Gasteiger partial charge is 0.382 e. The van der Waals surface area contributed by atoms with E-state index < -0.39 is 43.1 Å². The summed E-state index contributed by atoms with van der Waals surface area (Å²) in [5.74, 6) is -3.11. The largest absolute Gasteiger partial charge is 0.504 e. The van der Waals surface area contributed by atoms with Gasteiger partial charge >= 0.3 is 7.80 Å². The van der Waals surface area contributed by atoms with Crippen LogP contribution in [0.3, 0.4) is 0 Å². The second kappa shape index (κ2) is 7.46. The lowest BCUT2D eigenvalue weighted by atomic mass is 9.94. The number of benzene rings is 2. The highest BCUT2D eigenvalue weighted by atomic mass is 31.1. The van der Waals surface area contributed by atoms with Gasteiger partial charge in [0.25, 0.3) is 0 Å². The highest BCUT2D eigenvalue weighted by Crippen LogP contribution is 2.40. The van der Waals surface area contributed by atoms with Gasteiger partial charge in [-0.25, -0.2) is 8.78 Å². The molecule has 3 unspecified atom stereocenters. The van der Waals surface area contributed by atoms with Crippen molar-refractivity contribution in [2.45, 2.75) is 37.1 Å². The van der Waals surface area contributed by atoms with Crippen LogP contribution >= 0.6 is 7.80 Å². The fourth-order valence-electron chi connectivity index (χ4n) is 3.04. The Hall–Kier alpha value is -2.04. The van der Waals surface area contributed by atoms with Crippen LogP contribution in [-0.4, -0.2) is 28.1 Å². The molecule has 0 spiro atoms. The molecule has 7 heteroatoms. The first-order valence-corrected chi connectivity index (χ1v) is 9.34. The van der Waals surface area contributed by atoms with Crippen molar-refractivity contribution in [1.29, 1.82) is 0 Å². The molecule has 0 bridgehead atoms. The molecule has 4 atom stereocenters. The van der Waals surface area contributed by atoms with Crippen molar-refractivity contribution in [3.05, 3.63) is 54.1 Å². The molecule has 1 fully saturated rings. The second-order valence-electron chi connectivity index (χ2n) is 6.04. The number of ether oxygens (including phenoxy) is 1. The summed E-state index contributed by atoms with van der Waals surface area (Å²) in [5.41, 5.74) is -0.497. The van der Waals surface area contributed by atoms with E-state index in [0.29, 0.717) is 30.6 Å². The lowest BCUT2D eigenvalue weighted by Crippen LogP contribution is -2.43. The number of rotatable bonds is 4. The molecule has 0 aliphatic heterocycles. The van der Waals surface area contributed by atoms with E-state index in [1.807, 2.05) is 6.07 Å². The highest BCUT2D eigenvalue weighted by Gasteiger charge is 2.46. The lowest BCUT2D eigenvalue weighted by molar-refractivity contribution is 0.00849. The summed E-state index contributed by atoms with van der Waals surface area (Å²) in [7, 11) is -1.83. The molecule has 1 aliphatic rings. The molecule has 0 aromatic heterocycles. The predicted molar refractivity (Wildman–Crippen MR) is 89.8 cm³/mol. The Bertz CT molecular complexity index is 769. The quantitative estimate of drug-likeness (QED) is 0.812. The molecule has 0 saturated heterocycles. The Labute approximate surface area is 144 Å². The van der Waals surface area contributed by atoms with Gasteiger partial charge in [-0.15, -0.1) is 0 Å². The van der Waals surface area contributed by atoms with E-state index >= 15 is 0 Å². The molecule has 25 heavy (non-hydrogen) atoms. The maximum atomic E-state index is 13.4. The number of aliphatic hydroxyl groups excluding tert-OH is 1. The number of aromatic hydroxyl groups is 1. The molecule has 1 aliphatic carbocycles. The maximum Gasteiger partial charge on any atom is 0.382 e. The summed E-state index contributed by atoms with van der Waals surface area (Å²) < 4.78 is 44.7. The summed E-state index contributed by atoms with van der Waals surface area (Å²) in [5, 5.41) is 20.9. The third kappa shape index (κ3) is 3.80. The predicted octanol–water partition coefficient (Wildman–Crippen LogP) is 3.48. The van der Waals surface area contributed by atoms with Gasteiger partial charge in [-0.1, -0.05) is 22.8 Å². The molecule has 0 heterocycles. The van der Waals surface area contributed by atoms with Gasteiger partial charge < -0.3 is 14.9 Å². The number of halogens is 2. The van der Waals surface area contributed by atoms with Gasteiger partial charge in [0, 0.05) is 12.1 Å². The fraction of sp³-hybridized carbons (Fsp3) is 0.333. The van der Waals surface area contributed by atoms with E-state index in [1.165, 1.54) is 0 Å². The van der Waals surface area contributed by atoms with Gasteiger partial charge in [0.15, 0.2) is 34.1 Å². The van der Waals surface area contributed by atoms with E-state index in [1.54, 1.807) is 24.3 Å². The van der Waals surface area contributed by atoms with Crippen molar-refractivity contribution >= 4 is 13.1 Å². The van der Waals surface area contributed by atoms with Crippen molar-refractivity contribution in [2.24, 2.45) is 0 Å². The molecule has 132 valence electrons. The number of phenols is 1. The minimum atomic E-state index is -1.83. The average Bonchev–Trinajstić information content (AvgIpc) is 2.61. The zero-order valence-corrected chi connectivity index (χ0v) is 14.2. The van der Waals surface area contributed by atoms with Gasteiger partial charge in [-0.3, -0.25) is 0 Å². The first kappa shape index (κ1) is 17.8. The Morgan fingerprint density at radius 2 is 1.76 bits per heavy atom. The van der Waals surface area contributed by atoms with Crippen LogP contribution in [0, 0.1) is 11.6 Å². The van der Waals surface area contributed by atoms with Crippen LogP contribution in [0.4, 0.5) is 8.78 Å². The number of hydrogen-bond acceptors (Lipinski definition) is 4. The van der Waals surface area contributed by atoms with Crippen molar-refractivity contribution in [1.82, 2.24) is 0 Å². The second-order valence-corrected chi connectivity index (χ2v) is 7.87. The zero-order valence-electron chi connectivity index (χ0n) is 13.3. The SMILES string of the molecule is O=[P+](c1ccccc1)C1CCCC(Oc2cc(F)c(F)cc2O)[C@@H]1O. The average molecular weight is 367 g/mol. The van der Waals surface area contributed by atoms with Gasteiger partial charge in [0.2, 0.25) is 0 Å². The van der Waals surface area contributed by atoms with E-state index in [9.17, 15) is 23.6 Å². The first-order valence-electron chi connectivity index (χ1n) is 8.01. The summed E-state index contributed by atoms with van der Waals surface area (Å²) in [4.78, 5) is 0. The topological polar surface area (TPSA) is 66.8 Å². The van der Waals surface area contributed by atoms with Gasteiger partial charge in [-0.2, -0.15) is 0 Å². The minimum Gasteiger partial charge on any atom is -0.504 e. The Morgan fingerprint density at radius 3 is 2.48 bits per heavy atom. The maximum absolute atomic E-state index is 13.4. The Morgan fingerprint density at radius 1 is 1.08 bits per heavy atom. The molecule has 2 aromatic carbocycles. The van der Waals surface area contributed by atoms with Crippen LogP contribution in [0.15, 0.2) is 42.5 Å². The molecular formula is C18H18F2O4P+. The Kier molecular flexibility index (Phi) is 5.30. The van der Waals surface area contributed by atoms with Crippen molar-refractivity contribution < 1.29 is 28.3 Å². The highest BCUT2D eigenvalue weighted by molar-refractivity contribution is 7.54. The van der Waals surface area contributed by atoms with E-state index in [4.69, 9.17) is 4.74 Å². The molecule has 2 N–H and O–H groups in total. The fourth-order valence-corrected chi connectivity index (χ4v) is 4.78. The normalized spacial score (nSPS) is 24.0. The van der Waals surface area contributed by atoms with E-state index in [-0.39, 0.29) is 5.75 Å². The zero-order chi connectivity index (χ0) is 18.0. The first-order chi connectivity index (χ1) is 12.0. The van der Waals surface area contributed by atoms with Crippen LogP contribution in [0.25, 0.3) is 0 Å². The van der Waals surface area contributed by atoms with Gasteiger partial charge in [0.05, 0.1) is 0 Å². The molecule has 0 amide bonds. The van der Waals surface area contributed by atoms with Crippen LogP contribution in [0.1, 0.15) is 19.3 Å². The molecule has 0 radical (unpaired) electrons. The van der Waals surface area contributed by atoms with E-state index in [2.05, 4.69) is 0 Å². The minimum absolute atomic E-state index is 0.237. The summed E-state index contributed by atoms with van der Waals surface area (Å²) >= 11 is 0. The lowest BCUT2D eigenvalue weighted by Gasteiger charge is -2.30. The summed E-state index contributed by atoms with van der Waals surface area (Å²) in [6, 6.07) is 10.3. The van der Waals surface area contributed by atoms with Gasteiger partial charge in [-0.05, 0) is 31.4 Å². The van der Waals surface area contributed by atoms with Crippen molar-refractivity contribution in [3.8, 4) is 11.5 Å². The number of aliphatic hydroxyl groups is 1.